The Hall–Kier alpha value is -3.77. The van der Waals surface area contributed by atoms with Gasteiger partial charge in [-0.25, -0.2) is 4.98 Å². The lowest BCUT2D eigenvalue weighted by Gasteiger charge is -2.11. The molecule has 4 aromatic rings. The summed E-state index contributed by atoms with van der Waals surface area (Å²) in [4.78, 5) is 28.0. The first-order chi connectivity index (χ1) is 14.0. The molecule has 0 atom stereocenters. The van der Waals surface area contributed by atoms with Crippen LogP contribution in [0.2, 0.25) is 5.02 Å². The Morgan fingerprint density at radius 3 is 2.38 bits per heavy atom. The van der Waals surface area contributed by atoms with E-state index in [0.29, 0.717) is 32.9 Å². The first kappa shape index (κ1) is 18.6. The van der Waals surface area contributed by atoms with Crippen LogP contribution in [0.1, 0.15) is 10.4 Å². The molecule has 0 saturated carbocycles. The van der Waals surface area contributed by atoms with Gasteiger partial charge in [0.1, 0.15) is 0 Å². The standard InChI is InChI=1S/C22H14ClN3O3/c23-19-8-4-7-17-18(13-20(25-21(17)19)14-5-2-1-3-6-14)22(27)24-15-9-11-16(12-10-15)26(28)29/h1-13H,(H,24,27). The van der Waals surface area contributed by atoms with E-state index in [1.807, 2.05) is 30.3 Å². The number of para-hydroxylation sites is 1. The number of nitrogens with one attached hydrogen (secondary N) is 1. The predicted molar refractivity (Wildman–Crippen MR) is 113 cm³/mol. The van der Waals surface area contributed by atoms with E-state index in [2.05, 4.69) is 10.3 Å². The zero-order valence-electron chi connectivity index (χ0n) is 15.0. The molecule has 0 spiro atoms. The van der Waals surface area contributed by atoms with Gasteiger partial charge >= 0.3 is 0 Å². The minimum Gasteiger partial charge on any atom is -0.322 e. The Morgan fingerprint density at radius 1 is 0.966 bits per heavy atom. The maximum absolute atomic E-state index is 13.0. The lowest BCUT2D eigenvalue weighted by Crippen LogP contribution is -2.13. The second kappa shape index (κ2) is 7.69. The van der Waals surface area contributed by atoms with E-state index in [1.165, 1.54) is 24.3 Å². The molecule has 6 nitrogen and oxygen atoms in total. The van der Waals surface area contributed by atoms with Crippen molar-refractivity contribution >= 4 is 39.8 Å². The number of carbonyl (C=O) groups is 1. The van der Waals surface area contributed by atoms with Gasteiger partial charge in [0.2, 0.25) is 0 Å². The van der Waals surface area contributed by atoms with Crippen molar-refractivity contribution in [2.45, 2.75) is 0 Å². The Balaban J connectivity index is 1.78. The summed E-state index contributed by atoms with van der Waals surface area (Å²) in [5.74, 6) is -0.356. The summed E-state index contributed by atoms with van der Waals surface area (Å²) >= 11 is 6.34. The highest BCUT2D eigenvalue weighted by molar-refractivity contribution is 6.35. The molecule has 0 unspecified atom stereocenters. The molecule has 3 aromatic carbocycles. The molecular formula is C22H14ClN3O3. The quantitative estimate of drug-likeness (QED) is 0.349. The minimum absolute atomic E-state index is 0.0458. The van der Waals surface area contributed by atoms with Gasteiger partial charge in [-0.1, -0.05) is 54.1 Å². The number of anilines is 1. The van der Waals surface area contributed by atoms with Crippen molar-refractivity contribution in [2.24, 2.45) is 0 Å². The van der Waals surface area contributed by atoms with Crippen molar-refractivity contribution in [1.82, 2.24) is 4.98 Å². The van der Waals surface area contributed by atoms with Gasteiger partial charge in [0.05, 0.1) is 26.7 Å². The largest absolute Gasteiger partial charge is 0.322 e. The number of carbonyl (C=O) groups excluding carboxylic acids is 1. The number of nitrogens with zero attached hydrogens (tertiary/aromatic N) is 2. The smallest absolute Gasteiger partial charge is 0.269 e. The third-order valence-corrected chi connectivity index (χ3v) is 4.75. The molecule has 1 aromatic heterocycles. The van der Waals surface area contributed by atoms with E-state index in [1.54, 1.807) is 24.3 Å². The summed E-state index contributed by atoms with van der Waals surface area (Å²) in [6.07, 6.45) is 0. The third kappa shape index (κ3) is 3.79. The van der Waals surface area contributed by atoms with Crippen LogP contribution in [0.25, 0.3) is 22.2 Å². The maximum atomic E-state index is 13.0. The Kier molecular flexibility index (Phi) is 4.93. The van der Waals surface area contributed by atoms with Crippen molar-refractivity contribution in [1.29, 1.82) is 0 Å². The van der Waals surface area contributed by atoms with Gasteiger partial charge in [-0.05, 0) is 24.3 Å². The first-order valence-corrected chi connectivity index (χ1v) is 9.11. The van der Waals surface area contributed by atoms with Gasteiger partial charge in [-0.15, -0.1) is 0 Å². The summed E-state index contributed by atoms with van der Waals surface area (Å²) < 4.78 is 0. The van der Waals surface area contributed by atoms with Gasteiger partial charge < -0.3 is 5.32 Å². The van der Waals surface area contributed by atoms with Crippen LogP contribution in [0.3, 0.4) is 0 Å². The van der Waals surface area contributed by atoms with Gasteiger partial charge in [0, 0.05) is 28.8 Å². The molecule has 0 aliphatic rings. The van der Waals surface area contributed by atoms with Crippen LogP contribution >= 0.6 is 11.6 Å². The molecular weight excluding hydrogens is 390 g/mol. The number of halogens is 1. The molecule has 1 amide bonds. The molecule has 4 rings (SSSR count). The second-order valence-corrected chi connectivity index (χ2v) is 6.72. The lowest BCUT2D eigenvalue weighted by molar-refractivity contribution is -0.384. The van der Waals surface area contributed by atoms with Crippen molar-refractivity contribution in [3.63, 3.8) is 0 Å². The molecule has 142 valence electrons. The SMILES string of the molecule is O=C(Nc1ccc([N+](=O)[O-])cc1)c1cc(-c2ccccc2)nc2c(Cl)cccc12. The van der Waals surface area contributed by atoms with Gasteiger partial charge in [0.15, 0.2) is 0 Å². The molecule has 0 bridgehead atoms. The lowest BCUT2D eigenvalue weighted by atomic mass is 10.0. The van der Waals surface area contributed by atoms with Crippen molar-refractivity contribution in [3.05, 3.63) is 99.6 Å². The average Bonchev–Trinajstić information content (AvgIpc) is 2.74. The van der Waals surface area contributed by atoms with Crippen LogP contribution in [-0.2, 0) is 0 Å². The number of non-ortho nitro benzene ring substituents is 1. The number of pyridine rings is 1. The van der Waals surface area contributed by atoms with Gasteiger partial charge in [0.25, 0.3) is 11.6 Å². The summed E-state index contributed by atoms with van der Waals surface area (Å²) in [7, 11) is 0. The molecule has 0 radical (unpaired) electrons. The molecule has 0 aliphatic heterocycles. The maximum Gasteiger partial charge on any atom is 0.269 e. The zero-order valence-corrected chi connectivity index (χ0v) is 15.8. The van der Waals surface area contributed by atoms with Crippen molar-refractivity contribution in [2.75, 3.05) is 5.32 Å². The van der Waals surface area contributed by atoms with E-state index < -0.39 is 4.92 Å². The average molecular weight is 404 g/mol. The number of benzene rings is 3. The monoisotopic (exact) mass is 403 g/mol. The Labute approximate surface area is 170 Å². The minimum atomic E-state index is -0.490. The van der Waals surface area contributed by atoms with Crippen LogP contribution in [0, 0.1) is 10.1 Å². The number of nitro benzene ring substituents is 1. The highest BCUT2D eigenvalue weighted by Gasteiger charge is 2.16. The van der Waals surface area contributed by atoms with E-state index in [9.17, 15) is 14.9 Å². The Morgan fingerprint density at radius 2 is 1.69 bits per heavy atom. The fourth-order valence-electron chi connectivity index (χ4n) is 3.02. The number of hydrogen-bond donors (Lipinski definition) is 1. The molecule has 0 fully saturated rings. The van der Waals surface area contributed by atoms with E-state index in [0.717, 1.165) is 5.56 Å². The number of aromatic nitrogens is 1. The zero-order chi connectivity index (χ0) is 20.4. The summed E-state index contributed by atoms with van der Waals surface area (Å²) in [6.45, 7) is 0. The number of fused-ring (bicyclic) bond motifs is 1. The van der Waals surface area contributed by atoms with E-state index in [-0.39, 0.29) is 11.6 Å². The molecule has 1 N–H and O–H groups in total. The van der Waals surface area contributed by atoms with Gasteiger partial charge in [-0.3, -0.25) is 14.9 Å². The number of nitro groups is 1. The number of amides is 1. The molecule has 7 heteroatoms. The van der Waals surface area contributed by atoms with Crippen molar-refractivity contribution in [3.8, 4) is 11.3 Å². The first-order valence-electron chi connectivity index (χ1n) is 8.73. The van der Waals surface area contributed by atoms with Crippen molar-refractivity contribution < 1.29 is 9.72 Å². The summed E-state index contributed by atoms with van der Waals surface area (Å²) in [6, 6.07) is 22.2. The molecule has 0 saturated heterocycles. The van der Waals surface area contributed by atoms with Crippen LogP contribution in [0.15, 0.2) is 78.9 Å². The predicted octanol–water partition coefficient (Wildman–Crippen LogP) is 5.72. The number of rotatable bonds is 4. The van der Waals surface area contributed by atoms with Crippen LogP contribution in [-0.4, -0.2) is 15.8 Å². The second-order valence-electron chi connectivity index (χ2n) is 6.32. The Bertz CT molecular complexity index is 1230. The van der Waals surface area contributed by atoms with Crippen LogP contribution < -0.4 is 5.32 Å². The summed E-state index contributed by atoms with van der Waals surface area (Å²) in [5.41, 5.74) is 2.84. The van der Waals surface area contributed by atoms with Crippen LogP contribution in [0.4, 0.5) is 11.4 Å². The highest BCUT2D eigenvalue weighted by atomic mass is 35.5. The van der Waals surface area contributed by atoms with E-state index in [4.69, 9.17) is 11.6 Å². The molecule has 0 aliphatic carbocycles. The van der Waals surface area contributed by atoms with E-state index >= 15 is 0 Å². The normalized spacial score (nSPS) is 10.7. The molecule has 1 heterocycles. The molecule has 29 heavy (non-hydrogen) atoms. The summed E-state index contributed by atoms with van der Waals surface area (Å²) in [5, 5.41) is 14.7. The topological polar surface area (TPSA) is 85.1 Å². The van der Waals surface area contributed by atoms with Crippen LogP contribution in [0.5, 0.6) is 0 Å². The van der Waals surface area contributed by atoms with Gasteiger partial charge in [-0.2, -0.15) is 0 Å². The third-order valence-electron chi connectivity index (χ3n) is 4.44. The highest BCUT2D eigenvalue weighted by Crippen LogP contribution is 2.29. The fourth-order valence-corrected chi connectivity index (χ4v) is 3.24. The fraction of sp³-hybridized carbons (Fsp3) is 0. The number of hydrogen-bond acceptors (Lipinski definition) is 4.